The molecule has 0 N–H and O–H groups in total. The summed E-state index contributed by atoms with van der Waals surface area (Å²) in [6.07, 6.45) is 4.77. The van der Waals surface area contributed by atoms with Gasteiger partial charge in [0.05, 0.1) is 24.0 Å². The summed E-state index contributed by atoms with van der Waals surface area (Å²) in [6.45, 7) is 13.3. The van der Waals surface area contributed by atoms with Gasteiger partial charge < -0.3 is 14.7 Å². The quantitative estimate of drug-likeness (QED) is 0.629. The summed E-state index contributed by atoms with van der Waals surface area (Å²) in [5.74, 6) is 0.784. The highest BCUT2D eigenvalue weighted by Gasteiger charge is 2.35. The summed E-state index contributed by atoms with van der Waals surface area (Å²) in [7, 11) is 5.96. The third kappa shape index (κ3) is 3.20. The molecule has 2 radical (unpaired) electrons. The molecule has 1 amide bonds. The first kappa shape index (κ1) is 20.3. The molecule has 0 spiro atoms. The Morgan fingerprint density at radius 1 is 0.733 bits per heavy atom. The Hall–Kier alpha value is -3.01. The molecule has 0 unspecified atom stereocenters. The van der Waals surface area contributed by atoms with Crippen molar-refractivity contribution in [1.29, 1.82) is 0 Å². The lowest BCUT2D eigenvalue weighted by Gasteiger charge is -2.31. The number of carbonyl (C=O) groups is 1. The number of aryl methyl sites for hydroxylation is 6. The minimum Gasteiger partial charge on any atom is -0.331 e. The molecule has 2 heterocycles. The molecule has 2 aromatic carbocycles. The second kappa shape index (κ2) is 7.35. The largest absolute Gasteiger partial charge is 0.331 e. The Morgan fingerprint density at radius 3 is 1.47 bits per heavy atom. The summed E-state index contributed by atoms with van der Waals surface area (Å²) >= 11 is 0. The van der Waals surface area contributed by atoms with E-state index >= 15 is 0 Å². The highest BCUT2D eigenvalue weighted by Crippen LogP contribution is 2.41. The van der Waals surface area contributed by atoms with E-state index in [2.05, 4.69) is 88.0 Å². The van der Waals surface area contributed by atoms with Gasteiger partial charge in [0.25, 0.3) is 5.91 Å². The summed E-state index contributed by atoms with van der Waals surface area (Å²) in [4.78, 5) is 18.6. The average Bonchev–Trinajstić information content (AvgIpc) is 3.18. The van der Waals surface area contributed by atoms with E-state index in [9.17, 15) is 4.79 Å². The zero-order valence-corrected chi connectivity index (χ0v) is 18.7. The molecule has 0 aromatic heterocycles. The number of amides is 1. The van der Waals surface area contributed by atoms with Gasteiger partial charge in [-0.3, -0.25) is 4.79 Å². The first-order valence-corrected chi connectivity index (χ1v) is 10.4. The van der Waals surface area contributed by atoms with Gasteiger partial charge in [0.2, 0.25) is 0 Å². The second-order valence-corrected chi connectivity index (χ2v) is 8.58. The molecule has 0 atom stereocenters. The number of hydrogen-bond donors (Lipinski definition) is 0. The maximum absolute atomic E-state index is 13.0. The van der Waals surface area contributed by atoms with Gasteiger partial charge in [-0.1, -0.05) is 35.4 Å². The van der Waals surface area contributed by atoms with Crippen LogP contribution in [0.5, 0.6) is 0 Å². The van der Waals surface area contributed by atoms with E-state index in [0.29, 0.717) is 13.0 Å². The van der Waals surface area contributed by atoms with Crippen LogP contribution in [0.3, 0.4) is 0 Å². The molecule has 2 aliphatic heterocycles. The molecule has 4 rings (SSSR count). The standard InChI is InChI=1S/C26H29N3O/c1-16-12-18(3)23(19(4)13-16)28-10-11-29(24-20(5)14-17(2)15-21(24)6)25(28)22-8-9-27(7)26(22)30/h7,10-15H,8-9H2,1-6H3. The third-order valence-corrected chi connectivity index (χ3v) is 5.97. The maximum atomic E-state index is 13.0. The first-order chi connectivity index (χ1) is 14.2. The number of nitrogens with zero attached hydrogens (tertiary/aromatic N) is 3. The van der Waals surface area contributed by atoms with Crippen molar-refractivity contribution in [3.8, 4) is 0 Å². The summed E-state index contributed by atoms with van der Waals surface area (Å²) < 4.78 is 0. The van der Waals surface area contributed by atoms with Gasteiger partial charge in [-0.2, -0.15) is 0 Å². The first-order valence-electron chi connectivity index (χ1n) is 10.4. The molecule has 1 fully saturated rings. The van der Waals surface area contributed by atoms with Crippen LogP contribution in [0.2, 0.25) is 0 Å². The molecule has 4 nitrogen and oxygen atoms in total. The second-order valence-electron chi connectivity index (χ2n) is 8.58. The molecule has 2 aliphatic rings. The predicted octanol–water partition coefficient (Wildman–Crippen LogP) is 5.45. The fourth-order valence-electron chi connectivity index (χ4n) is 4.97. The molecule has 2 aromatic rings. The Labute approximate surface area is 180 Å². The lowest BCUT2D eigenvalue weighted by molar-refractivity contribution is -0.122. The van der Waals surface area contributed by atoms with Crippen LogP contribution < -0.4 is 9.80 Å². The van der Waals surface area contributed by atoms with E-state index in [1.807, 2.05) is 0 Å². The van der Waals surface area contributed by atoms with E-state index in [0.717, 1.165) is 22.8 Å². The number of anilines is 2. The molecule has 4 heteroatoms. The van der Waals surface area contributed by atoms with Crippen molar-refractivity contribution in [2.75, 3.05) is 16.3 Å². The van der Waals surface area contributed by atoms with Crippen LogP contribution in [0.1, 0.15) is 39.8 Å². The maximum Gasteiger partial charge on any atom is 0.253 e. The van der Waals surface area contributed by atoms with E-state index in [-0.39, 0.29) is 5.91 Å². The van der Waals surface area contributed by atoms with Crippen LogP contribution in [0, 0.1) is 48.6 Å². The van der Waals surface area contributed by atoms with E-state index < -0.39 is 0 Å². The normalized spacial score (nSPS) is 16.5. The van der Waals surface area contributed by atoms with Crippen molar-refractivity contribution >= 4 is 17.3 Å². The van der Waals surface area contributed by atoms with E-state index in [1.165, 1.54) is 38.3 Å². The SMILES string of the molecule is [CH]N1CCC(=C2N(c3c(C)cc(C)cc3C)C=CN2c2c(C)cc(C)cc2C)C1=O. The van der Waals surface area contributed by atoms with Gasteiger partial charge in [-0.05, 0) is 70.2 Å². The van der Waals surface area contributed by atoms with Crippen LogP contribution in [0.15, 0.2) is 48.1 Å². The van der Waals surface area contributed by atoms with E-state index in [1.54, 1.807) is 0 Å². The lowest BCUT2D eigenvalue weighted by atomic mass is 10.0. The Morgan fingerprint density at radius 2 is 1.13 bits per heavy atom. The smallest absolute Gasteiger partial charge is 0.253 e. The minimum absolute atomic E-state index is 0.103. The molecule has 0 saturated carbocycles. The molecule has 1 saturated heterocycles. The summed E-state index contributed by atoms with van der Waals surface area (Å²) in [5.41, 5.74) is 10.2. The van der Waals surface area contributed by atoms with Crippen molar-refractivity contribution < 1.29 is 4.79 Å². The van der Waals surface area contributed by atoms with Crippen molar-refractivity contribution in [3.05, 3.63) is 88.5 Å². The summed E-state index contributed by atoms with van der Waals surface area (Å²) in [6, 6.07) is 8.76. The summed E-state index contributed by atoms with van der Waals surface area (Å²) in [5, 5.41) is 0. The number of benzene rings is 2. The zero-order valence-electron chi connectivity index (χ0n) is 18.7. The Bertz CT molecular complexity index is 994. The minimum atomic E-state index is -0.103. The molecule has 0 bridgehead atoms. The predicted molar refractivity (Wildman–Crippen MR) is 123 cm³/mol. The fraction of sp³-hybridized carbons (Fsp3) is 0.308. The van der Waals surface area contributed by atoms with Crippen molar-refractivity contribution in [3.63, 3.8) is 0 Å². The number of carbonyl (C=O) groups excluding carboxylic acids is 1. The van der Waals surface area contributed by atoms with Gasteiger partial charge in [-0.15, -0.1) is 0 Å². The van der Waals surface area contributed by atoms with E-state index in [4.69, 9.17) is 7.05 Å². The molecule has 154 valence electrons. The Balaban J connectivity index is 1.94. The van der Waals surface area contributed by atoms with Gasteiger partial charge >= 0.3 is 0 Å². The highest BCUT2D eigenvalue weighted by molar-refractivity contribution is 5.99. The molecular weight excluding hydrogens is 370 g/mol. The van der Waals surface area contributed by atoms with Gasteiger partial charge in [-0.25, -0.2) is 0 Å². The van der Waals surface area contributed by atoms with Crippen LogP contribution in [-0.2, 0) is 4.79 Å². The third-order valence-electron chi connectivity index (χ3n) is 5.97. The lowest BCUT2D eigenvalue weighted by Crippen LogP contribution is -2.29. The topological polar surface area (TPSA) is 26.8 Å². The van der Waals surface area contributed by atoms with Crippen LogP contribution in [0.4, 0.5) is 11.4 Å². The van der Waals surface area contributed by atoms with Crippen molar-refractivity contribution in [2.45, 2.75) is 48.0 Å². The van der Waals surface area contributed by atoms with Crippen molar-refractivity contribution in [2.24, 2.45) is 0 Å². The molecule has 30 heavy (non-hydrogen) atoms. The van der Waals surface area contributed by atoms with Gasteiger partial charge in [0.1, 0.15) is 5.82 Å². The molecular formula is C26H29N3O. The van der Waals surface area contributed by atoms with Gasteiger partial charge in [0.15, 0.2) is 0 Å². The van der Waals surface area contributed by atoms with Crippen LogP contribution in [0.25, 0.3) is 0 Å². The monoisotopic (exact) mass is 399 g/mol. The van der Waals surface area contributed by atoms with Crippen LogP contribution >= 0.6 is 0 Å². The Kier molecular flexibility index (Phi) is 4.97. The number of likely N-dealkylation sites (tertiary alicyclic amines) is 1. The number of rotatable bonds is 2. The van der Waals surface area contributed by atoms with Gasteiger partial charge in [0, 0.05) is 18.9 Å². The highest BCUT2D eigenvalue weighted by atomic mass is 16.2. The fourth-order valence-corrected chi connectivity index (χ4v) is 4.97. The average molecular weight is 400 g/mol. The van der Waals surface area contributed by atoms with Crippen molar-refractivity contribution in [1.82, 2.24) is 4.90 Å². The van der Waals surface area contributed by atoms with Crippen LogP contribution in [-0.4, -0.2) is 17.4 Å². The number of hydrogen-bond acceptors (Lipinski definition) is 3. The molecule has 0 aliphatic carbocycles. The zero-order chi connectivity index (χ0) is 21.7.